The van der Waals surface area contributed by atoms with Crippen LogP contribution in [0.4, 0.5) is 5.69 Å². The van der Waals surface area contributed by atoms with Crippen LogP contribution >= 0.6 is 11.8 Å². The average molecular weight is 282 g/mol. The lowest BCUT2D eigenvalue weighted by atomic mass is 10.1. The molecule has 1 amide bonds. The van der Waals surface area contributed by atoms with E-state index in [1.807, 2.05) is 30.5 Å². The lowest BCUT2D eigenvalue weighted by molar-refractivity contribution is -0.117. The molecule has 0 aliphatic rings. The lowest BCUT2D eigenvalue weighted by Crippen LogP contribution is -2.36. The summed E-state index contributed by atoms with van der Waals surface area (Å²) in [6.45, 7) is 0.177. The first-order valence-corrected chi connectivity index (χ1v) is 7.82. The molecule has 106 valence electrons. The predicted octanol–water partition coefficient (Wildman–Crippen LogP) is 1.63. The number of carbonyl (C=O) groups is 1. The highest BCUT2D eigenvalue weighted by molar-refractivity contribution is 7.98. The van der Waals surface area contributed by atoms with Gasteiger partial charge in [-0.25, -0.2) is 0 Å². The van der Waals surface area contributed by atoms with Gasteiger partial charge in [0.25, 0.3) is 0 Å². The molecular weight excluding hydrogens is 260 g/mol. The number of hydrogen-bond donors (Lipinski definition) is 3. The standard InChI is InChI=1S/C14H22N2O2S/c1-19-9-7-13(15)14(18)16-12-6-2-4-11(10-12)5-3-8-17/h2,4,6,10,13,17H,3,5,7-9,15H2,1H3,(H,16,18)/t13-/m0/s1. The number of nitrogens with one attached hydrogen (secondary N) is 1. The van der Waals surface area contributed by atoms with Crippen molar-refractivity contribution in [1.82, 2.24) is 0 Å². The summed E-state index contributed by atoms with van der Waals surface area (Å²) in [5, 5.41) is 11.6. The summed E-state index contributed by atoms with van der Waals surface area (Å²) in [5.41, 5.74) is 7.68. The van der Waals surface area contributed by atoms with Crippen LogP contribution in [0.1, 0.15) is 18.4 Å². The quantitative estimate of drug-likeness (QED) is 0.677. The molecule has 0 spiro atoms. The normalized spacial score (nSPS) is 12.2. The van der Waals surface area contributed by atoms with Gasteiger partial charge in [0.2, 0.25) is 5.91 Å². The Morgan fingerprint density at radius 1 is 1.53 bits per heavy atom. The molecule has 0 radical (unpaired) electrons. The van der Waals surface area contributed by atoms with Gasteiger partial charge in [-0.15, -0.1) is 0 Å². The van der Waals surface area contributed by atoms with Gasteiger partial charge in [0.15, 0.2) is 0 Å². The number of hydrogen-bond acceptors (Lipinski definition) is 4. The number of thioether (sulfide) groups is 1. The van der Waals surface area contributed by atoms with Crippen LogP contribution in [0, 0.1) is 0 Å². The molecular formula is C14H22N2O2S. The van der Waals surface area contributed by atoms with E-state index in [-0.39, 0.29) is 12.5 Å². The summed E-state index contributed by atoms with van der Waals surface area (Å²) in [5.74, 6) is 0.735. The van der Waals surface area contributed by atoms with E-state index in [0.29, 0.717) is 6.42 Å². The smallest absolute Gasteiger partial charge is 0.241 e. The maximum atomic E-state index is 11.9. The number of benzene rings is 1. The molecule has 0 fully saturated rings. The van der Waals surface area contributed by atoms with Crippen molar-refractivity contribution in [3.05, 3.63) is 29.8 Å². The molecule has 4 nitrogen and oxygen atoms in total. The van der Waals surface area contributed by atoms with Crippen LogP contribution in [0.15, 0.2) is 24.3 Å². The van der Waals surface area contributed by atoms with Gasteiger partial charge in [0.05, 0.1) is 6.04 Å². The summed E-state index contributed by atoms with van der Waals surface area (Å²) in [4.78, 5) is 11.9. The van der Waals surface area contributed by atoms with Crippen LogP contribution in [-0.4, -0.2) is 35.7 Å². The second-order valence-corrected chi connectivity index (χ2v) is 5.39. The Balaban J connectivity index is 2.53. The van der Waals surface area contributed by atoms with Crippen LogP contribution in [0.2, 0.25) is 0 Å². The number of rotatable bonds is 8. The van der Waals surface area contributed by atoms with Crippen LogP contribution in [-0.2, 0) is 11.2 Å². The fourth-order valence-corrected chi connectivity index (χ4v) is 2.19. The molecule has 5 heteroatoms. The highest BCUT2D eigenvalue weighted by Crippen LogP contribution is 2.13. The van der Waals surface area contributed by atoms with Crippen molar-refractivity contribution in [3.8, 4) is 0 Å². The largest absolute Gasteiger partial charge is 0.396 e. The monoisotopic (exact) mass is 282 g/mol. The molecule has 0 unspecified atom stereocenters. The molecule has 0 bridgehead atoms. The number of carbonyl (C=O) groups excluding carboxylic acids is 1. The first kappa shape index (κ1) is 16.0. The molecule has 0 aromatic heterocycles. The number of anilines is 1. The highest BCUT2D eigenvalue weighted by atomic mass is 32.2. The minimum Gasteiger partial charge on any atom is -0.396 e. The van der Waals surface area contributed by atoms with Crippen molar-refractivity contribution < 1.29 is 9.90 Å². The Labute approximate surface area is 118 Å². The summed E-state index contributed by atoms with van der Waals surface area (Å²) in [6, 6.07) is 7.19. The van der Waals surface area contributed by atoms with Crippen molar-refractivity contribution in [2.75, 3.05) is 23.9 Å². The summed E-state index contributed by atoms with van der Waals surface area (Å²) >= 11 is 1.68. The molecule has 1 rings (SSSR count). The third kappa shape index (κ3) is 6.09. The zero-order chi connectivity index (χ0) is 14.1. The summed E-state index contributed by atoms with van der Waals surface area (Å²) < 4.78 is 0. The molecule has 0 saturated heterocycles. The third-order valence-electron chi connectivity index (χ3n) is 2.79. The summed E-state index contributed by atoms with van der Waals surface area (Å²) in [7, 11) is 0. The van der Waals surface area contributed by atoms with E-state index >= 15 is 0 Å². The van der Waals surface area contributed by atoms with Crippen molar-refractivity contribution in [2.45, 2.75) is 25.3 Å². The SMILES string of the molecule is CSCC[C@H](N)C(=O)Nc1cccc(CCCO)c1. The molecule has 4 N–H and O–H groups in total. The molecule has 0 heterocycles. The van der Waals surface area contributed by atoms with E-state index in [9.17, 15) is 4.79 Å². The second kappa shape index (κ2) is 8.96. The van der Waals surface area contributed by atoms with Gasteiger partial charge in [-0.1, -0.05) is 12.1 Å². The number of amides is 1. The van der Waals surface area contributed by atoms with Crippen molar-refractivity contribution >= 4 is 23.4 Å². The van der Waals surface area contributed by atoms with E-state index in [2.05, 4.69) is 5.32 Å². The Morgan fingerprint density at radius 3 is 3.00 bits per heavy atom. The van der Waals surface area contributed by atoms with Gasteiger partial charge < -0.3 is 16.2 Å². The molecule has 1 aromatic rings. The van der Waals surface area contributed by atoms with Crippen molar-refractivity contribution in [1.29, 1.82) is 0 Å². The van der Waals surface area contributed by atoms with E-state index in [0.717, 1.165) is 29.8 Å². The van der Waals surface area contributed by atoms with Crippen LogP contribution in [0.3, 0.4) is 0 Å². The van der Waals surface area contributed by atoms with Gasteiger partial charge in [-0.3, -0.25) is 4.79 Å². The van der Waals surface area contributed by atoms with Crippen LogP contribution < -0.4 is 11.1 Å². The number of aliphatic hydroxyl groups excluding tert-OH is 1. The lowest BCUT2D eigenvalue weighted by Gasteiger charge is -2.12. The maximum Gasteiger partial charge on any atom is 0.241 e. The third-order valence-corrected chi connectivity index (χ3v) is 3.43. The van der Waals surface area contributed by atoms with Gasteiger partial charge in [0, 0.05) is 12.3 Å². The first-order chi connectivity index (χ1) is 9.17. The van der Waals surface area contributed by atoms with Gasteiger partial charge >= 0.3 is 0 Å². The van der Waals surface area contributed by atoms with E-state index in [1.54, 1.807) is 11.8 Å². The highest BCUT2D eigenvalue weighted by Gasteiger charge is 2.12. The minimum absolute atomic E-state index is 0.145. The zero-order valence-corrected chi connectivity index (χ0v) is 12.1. The first-order valence-electron chi connectivity index (χ1n) is 6.42. The van der Waals surface area contributed by atoms with Crippen LogP contribution in [0.5, 0.6) is 0 Å². The fourth-order valence-electron chi connectivity index (χ4n) is 1.70. The van der Waals surface area contributed by atoms with E-state index in [4.69, 9.17) is 10.8 Å². The van der Waals surface area contributed by atoms with E-state index < -0.39 is 6.04 Å². The number of nitrogens with two attached hydrogens (primary N) is 1. The zero-order valence-electron chi connectivity index (χ0n) is 11.3. The van der Waals surface area contributed by atoms with Crippen molar-refractivity contribution in [2.24, 2.45) is 5.73 Å². The minimum atomic E-state index is -0.464. The Kier molecular flexibility index (Phi) is 7.55. The molecule has 1 atom stereocenters. The Bertz CT molecular complexity index is 399. The fraction of sp³-hybridized carbons (Fsp3) is 0.500. The molecule has 1 aromatic carbocycles. The average Bonchev–Trinajstić information content (AvgIpc) is 2.42. The Hall–Kier alpha value is -1.04. The molecule has 0 aliphatic heterocycles. The molecule has 0 aliphatic carbocycles. The van der Waals surface area contributed by atoms with Crippen molar-refractivity contribution in [3.63, 3.8) is 0 Å². The maximum absolute atomic E-state index is 11.9. The predicted molar refractivity (Wildman–Crippen MR) is 81.5 cm³/mol. The second-order valence-electron chi connectivity index (χ2n) is 4.40. The topological polar surface area (TPSA) is 75.4 Å². The van der Waals surface area contributed by atoms with Gasteiger partial charge in [-0.05, 0) is 49.0 Å². The Morgan fingerprint density at radius 2 is 2.32 bits per heavy atom. The number of aliphatic hydroxyl groups is 1. The van der Waals surface area contributed by atoms with Gasteiger partial charge in [-0.2, -0.15) is 11.8 Å². The number of aryl methyl sites for hydroxylation is 1. The van der Waals surface area contributed by atoms with Crippen LogP contribution in [0.25, 0.3) is 0 Å². The molecule has 19 heavy (non-hydrogen) atoms. The van der Waals surface area contributed by atoms with E-state index in [1.165, 1.54) is 0 Å². The summed E-state index contributed by atoms with van der Waals surface area (Å²) in [6.07, 6.45) is 4.20. The molecule has 0 saturated carbocycles. The van der Waals surface area contributed by atoms with Gasteiger partial charge in [0.1, 0.15) is 0 Å².